The summed E-state index contributed by atoms with van der Waals surface area (Å²) in [6.45, 7) is 0.0885. The van der Waals surface area contributed by atoms with Crippen LogP contribution in [-0.2, 0) is 14.8 Å². The molecule has 8 heteroatoms. The van der Waals surface area contributed by atoms with Gasteiger partial charge in [0.2, 0.25) is 10.0 Å². The van der Waals surface area contributed by atoms with E-state index in [0.29, 0.717) is 6.42 Å². The van der Waals surface area contributed by atoms with Crippen molar-refractivity contribution in [1.29, 1.82) is 0 Å². The third-order valence-corrected chi connectivity index (χ3v) is 5.53. The second kappa shape index (κ2) is 5.18. The van der Waals surface area contributed by atoms with Crippen LogP contribution in [-0.4, -0.2) is 36.4 Å². The van der Waals surface area contributed by atoms with Gasteiger partial charge in [0.1, 0.15) is 10.9 Å². The topological polar surface area (TPSA) is 74.7 Å². The fourth-order valence-corrected chi connectivity index (χ4v) is 4.32. The van der Waals surface area contributed by atoms with Crippen molar-refractivity contribution < 1.29 is 22.7 Å². The maximum Gasteiger partial charge on any atom is 0.322 e. The van der Waals surface area contributed by atoms with Crippen LogP contribution in [0.3, 0.4) is 0 Å². The lowest BCUT2D eigenvalue weighted by Crippen LogP contribution is -2.40. The van der Waals surface area contributed by atoms with Gasteiger partial charge < -0.3 is 5.11 Å². The molecule has 0 unspecified atom stereocenters. The van der Waals surface area contributed by atoms with Gasteiger partial charge in [0.05, 0.1) is 4.47 Å². The summed E-state index contributed by atoms with van der Waals surface area (Å²) >= 11 is 2.92. The molecule has 1 aromatic rings. The number of benzene rings is 1. The Bertz CT molecular complexity index is 619. The lowest BCUT2D eigenvalue weighted by Gasteiger charge is -2.21. The Labute approximate surface area is 118 Å². The quantitative estimate of drug-likeness (QED) is 0.901. The van der Waals surface area contributed by atoms with Gasteiger partial charge >= 0.3 is 5.97 Å². The number of carboxylic acids is 1. The van der Waals surface area contributed by atoms with Crippen LogP contribution in [0, 0.1) is 5.82 Å². The van der Waals surface area contributed by atoms with Crippen molar-refractivity contribution in [1.82, 2.24) is 4.31 Å². The number of aliphatic carboxylic acids is 1. The molecule has 1 fully saturated rings. The van der Waals surface area contributed by atoms with Crippen LogP contribution in [0.5, 0.6) is 0 Å². The lowest BCUT2D eigenvalue weighted by molar-refractivity contribution is -0.140. The summed E-state index contributed by atoms with van der Waals surface area (Å²) in [5.74, 6) is -2.12. The van der Waals surface area contributed by atoms with Gasteiger partial charge in [-0.3, -0.25) is 4.79 Å². The average Bonchev–Trinajstić information content (AvgIpc) is 2.82. The normalized spacial score (nSPS) is 20.6. The standard InChI is InChI=1S/C11H11BrFNO4S/c12-7-3-1-5-9(10(7)13)19(17,18)14-6-2-4-8(14)11(15)16/h1,3,5,8H,2,4,6H2,(H,15,16)/t8-/m0/s1. The molecule has 0 bridgehead atoms. The van der Waals surface area contributed by atoms with Gasteiger partial charge in [-0.25, -0.2) is 12.8 Å². The van der Waals surface area contributed by atoms with E-state index in [0.717, 1.165) is 10.4 Å². The minimum Gasteiger partial charge on any atom is -0.480 e. The Morgan fingerprint density at radius 3 is 2.79 bits per heavy atom. The highest BCUT2D eigenvalue weighted by atomic mass is 79.9. The van der Waals surface area contributed by atoms with E-state index in [2.05, 4.69) is 15.9 Å². The average molecular weight is 352 g/mol. The maximum absolute atomic E-state index is 13.9. The fraction of sp³-hybridized carbons (Fsp3) is 0.364. The largest absolute Gasteiger partial charge is 0.480 e. The molecule has 0 aromatic heterocycles. The van der Waals surface area contributed by atoms with Gasteiger partial charge in [-0.2, -0.15) is 4.31 Å². The summed E-state index contributed by atoms with van der Waals surface area (Å²) in [7, 11) is -4.14. The number of halogens is 2. The van der Waals surface area contributed by atoms with Gasteiger partial charge in [-0.05, 0) is 40.9 Å². The maximum atomic E-state index is 13.9. The van der Waals surface area contributed by atoms with Crippen molar-refractivity contribution >= 4 is 31.9 Å². The zero-order chi connectivity index (χ0) is 14.2. The van der Waals surface area contributed by atoms with E-state index in [9.17, 15) is 17.6 Å². The van der Waals surface area contributed by atoms with Crippen molar-refractivity contribution in [2.75, 3.05) is 6.54 Å². The van der Waals surface area contributed by atoms with E-state index in [4.69, 9.17) is 5.11 Å². The van der Waals surface area contributed by atoms with Crippen LogP contribution in [0.25, 0.3) is 0 Å². The molecule has 1 aliphatic rings. The number of hydrogen-bond donors (Lipinski definition) is 1. The first-order chi connectivity index (χ1) is 8.85. The molecule has 104 valence electrons. The van der Waals surface area contributed by atoms with E-state index in [1.807, 2.05) is 0 Å². The summed E-state index contributed by atoms with van der Waals surface area (Å²) in [6, 6.07) is 2.79. The number of sulfonamides is 1. The molecule has 1 aromatic carbocycles. The van der Waals surface area contributed by atoms with Crippen LogP contribution in [0.4, 0.5) is 4.39 Å². The van der Waals surface area contributed by atoms with Crippen LogP contribution < -0.4 is 0 Å². The third-order valence-electron chi connectivity index (χ3n) is 2.99. The molecule has 0 spiro atoms. The predicted molar refractivity (Wildman–Crippen MR) is 68.6 cm³/mol. The summed E-state index contributed by atoms with van der Waals surface area (Å²) < 4.78 is 39.4. The van der Waals surface area contributed by atoms with E-state index in [1.165, 1.54) is 12.1 Å². The van der Waals surface area contributed by atoms with Crippen LogP contribution >= 0.6 is 15.9 Å². The minimum atomic E-state index is -4.14. The smallest absolute Gasteiger partial charge is 0.322 e. The van der Waals surface area contributed by atoms with Gasteiger partial charge in [0.15, 0.2) is 5.82 Å². The highest BCUT2D eigenvalue weighted by molar-refractivity contribution is 9.10. The van der Waals surface area contributed by atoms with Gasteiger partial charge in [-0.1, -0.05) is 6.07 Å². The van der Waals surface area contributed by atoms with Crippen LogP contribution in [0.1, 0.15) is 12.8 Å². The molecule has 0 radical (unpaired) electrons. The molecular formula is C11H11BrFNO4S. The zero-order valence-electron chi connectivity index (χ0n) is 9.71. The number of hydrogen-bond acceptors (Lipinski definition) is 3. The minimum absolute atomic E-state index is 0.0275. The molecular weight excluding hydrogens is 341 g/mol. The van der Waals surface area contributed by atoms with E-state index in [1.54, 1.807) is 0 Å². The summed E-state index contributed by atoms with van der Waals surface area (Å²) in [5, 5.41) is 9.01. The third kappa shape index (κ3) is 2.52. The van der Waals surface area contributed by atoms with Crippen LogP contribution in [0.2, 0.25) is 0 Å². The molecule has 0 saturated carbocycles. The number of rotatable bonds is 3. The molecule has 1 N–H and O–H groups in total. The summed E-state index contributed by atoms with van der Waals surface area (Å²) in [5.41, 5.74) is 0. The van der Waals surface area contributed by atoms with Crippen molar-refractivity contribution in [3.8, 4) is 0 Å². The Morgan fingerprint density at radius 1 is 1.47 bits per heavy atom. The van der Waals surface area contributed by atoms with Gasteiger partial charge in [0.25, 0.3) is 0 Å². The summed E-state index contributed by atoms with van der Waals surface area (Å²) in [4.78, 5) is 10.5. The molecule has 2 rings (SSSR count). The number of carbonyl (C=O) groups is 1. The molecule has 1 aliphatic heterocycles. The van der Waals surface area contributed by atoms with E-state index >= 15 is 0 Å². The highest BCUT2D eigenvalue weighted by Crippen LogP contribution is 2.30. The first-order valence-electron chi connectivity index (χ1n) is 5.54. The van der Waals surface area contributed by atoms with Crippen molar-refractivity contribution in [3.05, 3.63) is 28.5 Å². The van der Waals surface area contributed by atoms with Gasteiger partial charge in [0, 0.05) is 6.54 Å². The molecule has 0 aliphatic carbocycles. The fourth-order valence-electron chi connectivity index (χ4n) is 2.08. The van der Waals surface area contributed by atoms with Crippen molar-refractivity contribution in [3.63, 3.8) is 0 Å². The lowest BCUT2D eigenvalue weighted by atomic mass is 10.2. The molecule has 19 heavy (non-hydrogen) atoms. The zero-order valence-corrected chi connectivity index (χ0v) is 12.1. The van der Waals surface area contributed by atoms with Crippen molar-refractivity contribution in [2.45, 2.75) is 23.8 Å². The highest BCUT2D eigenvalue weighted by Gasteiger charge is 2.40. The number of nitrogens with zero attached hydrogens (tertiary/aromatic N) is 1. The molecule has 1 saturated heterocycles. The SMILES string of the molecule is O=C(O)[C@@H]1CCCN1S(=O)(=O)c1cccc(Br)c1F. The van der Waals surface area contributed by atoms with Crippen LogP contribution in [0.15, 0.2) is 27.6 Å². The second-order valence-electron chi connectivity index (χ2n) is 4.16. The molecule has 1 heterocycles. The molecule has 5 nitrogen and oxygen atoms in total. The monoisotopic (exact) mass is 351 g/mol. The Hall–Kier alpha value is -0.990. The van der Waals surface area contributed by atoms with E-state index in [-0.39, 0.29) is 17.4 Å². The Morgan fingerprint density at radius 2 is 2.16 bits per heavy atom. The summed E-state index contributed by atoms with van der Waals surface area (Å²) in [6.07, 6.45) is 0.690. The Kier molecular flexibility index (Phi) is 3.93. The van der Waals surface area contributed by atoms with Crippen molar-refractivity contribution in [2.24, 2.45) is 0 Å². The Balaban J connectivity index is 2.48. The van der Waals surface area contributed by atoms with Gasteiger partial charge in [-0.15, -0.1) is 0 Å². The number of carboxylic acid groups (broad SMARTS) is 1. The first kappa shape index (κ1) is 14.4. The van der Waals surface area contributed by atoms with E-state index < -0.39 is 32.7 Å². The first-order valence-corrected chi connectivity index (χ1v) is 7.77. The predicted octanol–water partition coefficient (Wildman–Crippen LogP) is 1.83. The molecule has 1 atom stereocenters. The second-order valence-corrected chi connectivity index (χ2v) is 6.88. The molecule has 0 amide bonds.